The van der Waals surface area contributed by atoms with E-state index in [2.05, 4.69) is 26.1 Å². The highest BCUT2D eigenvalue weighted by atomic mass is 28.3. The second-order valence-electron chi connectivity index (χ2n) is 4.79. The highest BCUT2D eigenvalue weighted by molar-refractivity contribution is 6.79. The van der Waals surface area contributed by atoms with E-state index in [9.17, 15) is 4.79 Å². The fourth-order valence-corrected chi connectivity index (χ4v) is 8.13. The lowest BCUT2D eigenvalue weighted by molar-refractivity contribution is 0.249. The third kappa shape index (κ3) is 6.15. The quantitative estimate of drug-likeness (QED) is 0.601. The van der Waals surface area contributed by atoms with Crippen LogP contribution in [0, 0.1) is 0 Å². The first-order valence-corrected chi connectivity index (χ1v) is 9.46. The van der Waals surface area contributed by atoms with Crippen LogP contribution >= 0.6 is 0 Å². The van der Waals surface area contributed by atoms with E-state index in [1.807, 2.05) is 0 Å². The van der Waals surface area contributed by atoms with Crippen LogP contribution in [0.15, 0.2) is 0 Å². The SMILES string of the molecule is CCC[Si](CCC)(CCC)CCNC(N)=O. The first-order chi connectivity index (χ1) is 7.60. The summed E-state index contributed by atoms with van der Waals surface area (Å²) >= 11 is 0. The Hall–Kier alpha value is -0.513. The molecule has 0 saturated carbocycles. The molecular weight excluding hydrogens is 216 g/mol. The van der Waals surface area contributed by atoms with E-state index >= 15 is 0 Å². The largest absolute Gasteiger partial charge is 0.352 e. The number of hydrogen-bond donors (Lipinski definition) is 2. The average molecular weight is 244 g/mol. The predicted molar refractivity (Wildman–Crippen MR) is 73.4 cm³/mol. The van der Waals surface area contributed by atoms with Crippen molar-refractivity contribution in [2.24, 2.45) is 5.73 Å². The van der Waals surface area contributed by atoms with Crippen LogP contribution in [0.4, 0.5) is 4.79 Å². The van der Waals surface area contributed by atoms with E-state index < -0.39 is 8.07 Å². The Morgan fingerprint density at radius 3 is 1.75 bits per heavy atom. The van der Waals surface area contributed by atoms with Crippen molar-refractivity contribution in [3.8, 4) is 0 Å². The standard InChI is InChI=1S/C12H28N2OSi/c1-4-8-16(9-5-2,10-6-3)11-7-14-12(13)15/h4-11H2,1-3H3,(H3,13,14,15). The van der Waals surface area contributed by atoms with Gasteiger partial charge in [-0.1, -0.05) is 58.2 Å². The molecule has 4 heteroatoms. The van der Waals surface area contributed by atoms with Gasteiger partial charge >= 0.3 is 6.03 Å². The summed E-state index contributed by atoms with van der Waals surface area (Å²) in [6.45, 7) is 7.60. The van der Waals surface area contributed by atoms with Crippen molar-refractivity contribution >= 4 is 14.1 Å². The summed E-state index contributed by atoms with van der Waals surface area (Å²) in [4.78, 5) is 10.7. The van der Waals surface area contributed by atoms with Crippen LogP contribution in [-0.4, -0.2) is 20.6 Å². The zero-order valence-corrected chi connectivity index (χ0v) is 12.1. The maximum atomic E-state index is 10.7. The molecule has 16 heavy (non-hydrogen) atoms. The Labute approximate surface area is 101 Å². The summed E-state index contributed by atoms with van der Waals surface area (Å²) in [6, 6.07) is 5.01. The molecule has 0 aliphatic rings. The normalized spacial score (nSPS) is 11.4. The van der Waals surface area contributed by atoms with Gasteiger partial charge < -0.3 is 11.1 Å². The van der Waals surface area contributed by atoms with E-state index in [0.717, 1.165) is 6.54 Å². The third-order valence-electron chi connectivity index (χ3n) is 3.30. The minimum absolute atomic E-state index is 0.382. The van der Waals surface area contributed by atoms with Crippen LogP contribution in [0.25, 0.3) is 0 Å². The molecule has 0 aliphatic heterocycles. The fraction of sp³-hybridized carbons (Fsp3) is 0.917. The number of primary amides is 1. The van der Waals surface area contributed by atoms with E-state index in [1.165, 1.54) is 43.4 Å². The molecule has 0 spiro atoms. The molecule has 0 bridgehead atoms. The number of hydrogen-bond acceptors (Lipinski definition) is 1. The molecule has 0 saturated heterocycles. The number of amides is 2. The molecule has 3 N–H and O–H groups in total. The van der Waals surface area contributed by atoms with Crippen molar-refractivity contribution in [2.45, 2.75) is 64.2 Å². The molecule has 0 aliphatic carbocycles. The number of nitrogens with one attached hydrogen (secondary N) is 1. The zero-order chi connectivity index (χ0) is 12.4. The van der Waals surface area contributed by atoms with Gasteiger partial charge in [-0.2, -0.15) is 0 Å². The molecule has 96 valence electrons. The summed E-state index contributed by atoms with van der Waals surface area (Å²) in [7, 11) is -1.13. The molecule has 0 heterocycles. The van der Waals surface area contributed by atoms with Gasteiger partial charge in [0.25, 0.3) is 0 Å². The molecule has 3 nitrogen and oxygen atoms in total. The molecule has 0 radical (unpaired) electrons. The fourth-order valence-electron chi connectivity index (χ4n) is 2.79. The molecule has 0 unspecified atom stereocenters. The lowest BCUT2D eigenvalue weighted by atomic mass is 10.5. The highest BCUT2D eigenvalue weighted by Gasteiger charge is 2.29. The Bertz CT molecular complexity index is 180. The van der Waals surface area contributed by atoms with Gasteiger partial charge in [-0.15, -0.1) is 0 Å². The minimum atomic E-state index is -1.13. The van der Waals surface area contributed by atoms with E-state index in [-0.39, 0.29) is 6.03 Å². The number of urea groups is 1. The topological polar surface area (TPSA) is 55.1 Å². The zero-order valence-electron chi connectivity index (χ0n) is 11.1. The van der Waals surface area contributed by atoms with Crippen molar-refractivity contribution < 1.29 is 4.79 Å². The number of nitrogens with two attached hydrogens (primary N) is 1. The molecule has 0 aromatic heterocycles. The van der Waals surface area contributed by atoms with Crippen molar-refractivity contribution in [2.75, 3.05) is 6.54 Å². The molecule has 0 fully saturated rings. The number of carbonyl (C=O) groups excluding carboxylic acids is 1. The Morgan fingerprint density at radius 2 is 1.44 bits per heavy atom. The molecule has 0 aromatic rings. The maximum Gasteiger partial charge on any atom is 0.312 e. The Morgan fingerprint density at radius 1 is 1.00 bits per heavy atom. The van der Waals surface area contributed by atoms with Crippen molar-refractivity contribution in [3.05, 3.63) is 0 Å². The van der Waals surface area contributed by atoms with Crippen LogP contribution < -0.4 is 11.1 Å². The van der Waals surface area contributed by atoms with E-state index in [0.29, 0.717) is 0 Å². The van der Waals surface area contributed by atoms with Crippen molar-refractivity contribution in [3.63, 3.8) is 0 Å². The third-order valence-corrected chi connectivity index (χ3v) is 9.29. The monoisotopic (exact) mass is 244 g/mol. The van der Waals surface area contributed by atoms with Gasteiger partial charge in [-0.05, 0) is 6.04 Å². The van der Waals surface area contributed by atoms with Crippen molar-refractivity contribution in [1.82, 2.24) is 5.32 Å². The van der Waals surface area contributed by atoms with Crippen LogP contribution in [0.1, 0.15) is 40.0 Å². The van der Waals surface area contributed by atoms with Gasteiger partial charge in [-0.3, -0.25) is 0 Å². The summed E-state index contributed by atoms with van der Waals surface area (Å²) in [5, 5.41) is 2.75. The lowest BCUT2D eigenvalue weighted by Crippen LogP contribution is -2.39. The lowest BCUT2D eigenvalue weighted by Gasteiger charge is -2.31. The number of rotatable bonds is 9. The smallest absolute Gasteiger partial charge is 0.312 e. The van der Waals surface area contributed by atoms with Gasteiger partial charge in [0, 0.05) is 6.54 Å². The summed E-state index contributed by atoms with van der Waals surface area (Å²) in [5.41, 5.74) is 5.11. The first kappa shape index (κ1) is 15.5. The van der Waals surface area contributed by atoms with Crippen LogP contribution in [0.3, 0.4) is 0 Å². The van der Waals surface area contributed by atoms with Crippen molar-refractivity contribution in [1.29, 1.82) is 0 Å². The highest BCUT2D eigenvalue weighted by Crippen LogP contribution is 2.29. The molecule has 0 atom stereocenters. The summed E-state index contributed by atoms with van der Waals surface area (Å²) in [6.07, 6.45) is 3.84. The molecule has 0 rings (SSSR count). The van der Waals surface area contributed by atoms with E-state index in [4.69, 9.17) is 5.73 Å². The molecular formula is C12H28N2OSi. The first-order valence-electron chi connectivity index (χ1n) is 6.63. The summed E-state index contributed by atoms with van der Waals surface area (Å²) in [5.74, 6) is 0. The number of carbonyl (C=O) groups is 1. The van der Waals surface area contributed by atoms with Gasteiger partial charge in [0.15, 0.2) is 0 Å². The molecule has 0 aromatic carbocycles. The molecule has 2 amide bonds. The van der Waals surface area contributed by atoms with Gasteiger partial charge in [-0.25, -0.2) is 4.79 Å². The minimum Gasteiger partial charge on any atom is -0.352 e. The van der Waals surface area contributed by atoms with E-state index in [1.54, 1.807) is 0 Å². The van der Waals surface area contributed by atoms with Crippen LogP contribution in [0.5, 0.6) is 0 Å². The maximum absolute atomic E-state index is 10.7. The van der Waals surface area contributed by atoms with Crippen LogP contribution in [0.2, 0.25) is 24.2 Å². The second kappa shape index (κ2) is 8.62. The second-order valence-corrected chi connectivity index (χ2v) is 9.79. The summed E-state index contributed by atoms with van der Waals surface area (Å²) < 4.78 is 0. The van der Waals surface area contributed by atoms with Gasteiger partial charge in [0.1, 0.15) is 0 Å². The Kier molecular flexibility index (Phi) is 8.34. The van der Waals surface area contributed by atoms with Gasteiger partial charge in [0.05, 0.1) is 8.07 Å². The van der Waals surface area contributed by atoms with Gasteiger partial charge in [0.2, 0.25) is 0 Å². The predicted octanol–water partition coefficient (Wildman–Crippen LogP) is 3.33. The van der Waals surface area contributed by atoms with Crippen LogP contribution in [-0.2, 0) is 0 Å². The Balaban J connectivity index is 4.28. The average Bonchev–Trinajstić information content (AvgIpc) is 2.18.